The average molecular weight is 402 g/mol. The Kier molecular flexibility index (Phi) is 8.21. The quantitative estimate of drug-likeness (QED) is 0.509. The minimum absolute atomic E-state index is 0.194. The molecule has 0 bridgehead atoms. The molecule has 3 rings (SSSR count). The maximum atomic E-state index is 4.76. The molecule has 0 unspecified atom stereocenters. The number of hydrogen-bond donors (Lipinski definition) is 1. The normalized spacial score (nSPS) is 10.9. The van der Waals surface area contributed by atoms with Gasteiger partial charge in [-0.2, -0.15) is 0 Å². The zero-order valence-electron chi connectivity index (χ0n) is 12.3. The van der Waals surface area contributed by atoms with Crippen molar-refractivity contribution >= 4 is 44.3 Å². The third kappa shape index (κ3) is 6.64. The van der Waals surface area contributed by atoms with E-state index in [9.17, 15) is 0 Å². The molecule has 0 radical (unpaired) electrons. The Hall–Kier alpha value is -1.98. The molecule has 24 heavy (non-hydrogen) atoms. The average Bonchev–Trinajstić information content (AvgIpc) is 3.09. The zero-order valence-corrected chi connectivity index (χ0v) is 14.9. The van der Waals surface area contributed by atoms with Crippen LogP contribution in [-0.4, -0.2) is 27.4 Å². The standard InChI is InChI=1S/C16H13N5.2ClH.Fe/c1-3-9-17-15(5-1)19-11-13-7-8-14(21-13)12-20-16-6-2-4-10-18-16;;;/h1-12,21H;2*1H;/q;;;+2/p-2/b19-11+,20-12+;;;. The topological polar surface area (TPSA) is 66.3 Å². The van der Waals surface area contributed by atoms with Crippen molar-refractivity contribution in [2.24, 2.45) is 9.98 Å². The van der Waals surface area contributed by atoms with Crippen LogP contribution < -0.4 is 0 Å². The first-order chi connectivity index (χ1) is 11.8. The van der Waals surface area contributed by atoms with Gasteiger partial charge in [0, 0.05) is 12.4 Å². The van der Waals surface area contributed by atoms with Gasteiger partial charge in [0.05, 0.1) is 23.8 Å². The molecule has 0 saturated carbocycles. The van der Waals surface area contributed by atoms with Gasteiger partial charge in [-0.15, -0.1) is 0 Å². The van der Waals surface area contributed by atoms with E-state index in [1.54, 1.807) is 24.8 Å². The van der Waals surface area contributed by atoms with Gasteiger partial charge in [0.2, 0.25) is 0 Å². The van der Waals surface area contributed by atoms with Crippen LogP contribution in [0.25, 0.3) is 0 Å². The minimum atomic E-state index is 0.194. The van der Waals surface area contributed by atoms with E-state index in [1.165, 1.54) is 0 Å². The fraction of sp³-hybridized carbons (Fsp3) is 0. The predicted molar refractivity (Wildman–Crippen MR) is 95.5 cm³/mol. The molecule has 0 saturated heterocycles. The second-order valence-corrected chi connectivity index (χ2v) is 6.14. The number of aromatic amines is 1. The SMILES string of the molecule is C(=N\c1ccccn1)/c1ccc(/C=N/c2ccccn2)[nH]1.[Cl][Fe][Cl]. The molecule has 0 aromatic carbocycles. The molecule has 0 fully saturated rings. The van der Waals surface area contributed by atoms with Gasteiger partial charge in [-0.05, 0) is 36.4 Å². The number of aliphatic imine (C=N–C) groups is 2. The Bertz CT molecular complexity index is 711. The Balaban J connectivity index is 0.000000647. The van der Waals surface area contributed by atoms with Crippen molar-refractivity contribution in [2.45, 2.75) is 0 Å². The Morgan fingerprint density at radius 2 is 1.25 bits per heavy atom. The van der Waals surface area contributed by atoms with Crippen LogP contribution in [0.5, 0.6) is 0 Å². The summed E-state index contributed by atoms with van der Waals surface area (Å²) in [6.07, 6.45) is 6.90. The number of nitrogens with one attached hydrogen (secondary N) is 1. The van der Waals surface area contributed by atoms with E-state index in [0.717, 1.165) is 11.4 Å². The van der Waals surface area contributed by atoms with E-state index in [4.69, 9.17) is 20.2 Å². The third-order valence-electron chi connectivity index (χ3n) is 2.70. The van der Waals surface area contributed by atoms with Crippen LogP contribution in [0.2, 0.25) is 0 Å². The number of halogens is 2. The van der Waals surface area contributed by atoms with E-state index in [2.05, 4.69) is 24.9 Å². The number of aromatic nitrogens is 3. The van der Waals surface area contributed by atoms with Gasteiger partial charge in [0.15, 0.2) is 11.6 Å². The number of hydrogen-bond acceptors (Lipinski definition) is 4. The van der Waals surface area contributed by atoms with Gasteiger partial charge in [0.1, 0.15) is 0 Å². The Morgan fingerprint density at radius 1 is 0.792 bits per heavy atom. The van der Waals surface area contributed by atoms with E-state index < -0.39 is 0 Å². The van der Waals surface area contributed by atoms with Gasteiger partial charge in [0.25, 0.3) is 0 Å². The van der Waals surface area contributed by atoms with Crippen molar-refractivity contribution in [1.29, 1.82) is 0 Å². The van der Waals surface area contributed by atoms with Gasteiger partial charge < -0.3 is 4.98 Å². The van der Waals surface area contributed by atoms with E-state index >= 15 is 0 Å². The van der Waals surface area contributed by atoms with Crippen LogP contribution in [-0.2, 0) is 13.1 Å². The van der Waals surface area contributed by atoms with Crippen molar-refractivity contribution in [3.8, 4) is 0 Å². The zero-order chi connectivity index (χ0) is 17.0. The summed E-state index contributed by atoms with van der Waals surface area (Å²) in [4.78, 5) is 20.0. The van der Waals surface area contributed by atoms with Gasteiger partial charge in [-0.3, -0.25) is 0 Å². The van der Waals surface area contributed by atoms with Gasteiger partial charge in [-0.25, -0.2) is 20.0 Å². The Labute approximate surface area is 154 Å². The molecule has 0 spiro atoms. The first-order valence-corrected chi connectivity index (χ1v) is 9.80. The summed E-state index contributed by atoms with van der Waals surface area (Å²) in [6.45, 7) is 0. The second kappa shape index (κ2) is 10.7. The predicted octanol–water partition coefficient (Wildman–Crippen LogP) is 4.68. The molecule has 0 aliphatic heterocycles. The molecule has 124 valence electrons. The van der Waals surface area contributed by atoms with Crippen molar-refractivity contribution in [3.63, 3.8) is 0 Å². The molecule has 0 aliphatic rings. The number of H-pyrrole nitrogens is 1. The van der Waals surface area contributed by atoms with Crippen molar-refractivity contribution < 1.29 is 13.1 Å². The Morgan fingerprint density at radius 3 is 1.62 bits per heavy atom. The summed E-state index contributed by atoms with van der Waals surface area (Å²) in [6, 6.07) is 15.1. The van der Waals surface area contributed by atoms with Crippen LogP contribution >= 0.6 is 20.2 Å². The molecule has 5 nitrogen and oxygen atoms in total. The molecule has 0 atom stereocenters. The maximum absolute atomic E-state index is 4.76. The molecule has 0 amide bonds. The molecule has 0 aliphatic carbocycles. The monoisotopic (exact) mass is 401 g/mol. The van der Waals surface area contributed by atoms with Gasteiger partial charge in [-0.1, -0.05) is 12.1 Å². The molecule has 1 N–H and O–H groups in total. The summed E-state index contributed by atoms with van der Waals surface area (Å²) < 4.78 is 0. The van der Waals surface area contributed by atoms with Gasteiger partial charge >= 0.3 is 33.3 Å². The third-order valence-corrected chi connectivity index (χ3v) is 2.70. The summed E-state index contributed by atoms with van der Waals surface area (Å²) in [5, 5.41) is 0. The molecule has 8 heteroatoms. The molecule has 3 aromatic heterocycles. The fourth-order valence-corrected chi connectivity index (χ4v) is 1.71. The number of nitrogens with zero attached hydrogens (tertiary/aromatic N) is 4. The molecule has 3 heterocycles. The number of rotatable bonds is 4. The summed E-state index contributed by atoms with van der Waals surface area (Å²) in [7, 11) is 9.53. The van der Waals surface area contributed by atoms with Crippen LogP contribution in [0, 0.1) is 0 Å². The van der Waals surface area contributed by atoms with Crippen LogP contribution in [0.4, 0.5) is 11.6 Å². The summed E-state index contributed by atoms with van der Waals surface area (Å²) in [5.41, 5.74) is 1.78. The second-order valence-electron chi connectivity index (χ2n) is 4.31. The van der Waals surface area contributed by atoms with Crippen molar-refractivity contribution in [3.05, 3.63) is 72.3 Å². The van der Waals surface area contributed by atoms with Crippen molar-refractivity contribution in [2.75, 3.05) is 0 Å². The fourth-order valence-electron chi connectivity index (χ4n) is 1.71. The molecular weight excluding hydrogens is 389 g/mol. The number of pyridine rings is 2. The van der Waals surface area contributed by atoms with E-state index in [1.807, 2.05) is 48.5 Å². The van der Waals surface area contributed by atoms with E-state index in [0.29, 0.717) is 11.6 Å². The first-order valence-electron chi connectivity index (χ1n) is 6.76. The first kappa shape index (κ1) is 18.4. The van der Waals surface area contributed by atoms with Crippen LogP contribution in [0.15, 0.2) is 70.9 Å². The van der Waals surface area contributed by atoms with Crippen molar-refractivity contribution in [1.82, 2.24) is 15.0 Å². The van der Waals surface area contributed by atoms with E-state index in [-0.39, 0.29) is 13.1 Å². The van der Waals surface area contributed by atoms with Crippen LogP contribution in [0.1, 0.15) is 11.4 Å². The van der Waals surface area contributed by atoms with Crippen LogP contribution in [0.3, 0.4) is 0 Å². The molecular formula is C16H13Cl2FeN5. The summed E-state index contributed by atoms with van der Waals surface area (Å²) >= 11 is 0.194. The molecule has 3 aromatic rings. The summed E-state index contributed by atoms with van der Waals surface area (Å²) in [5.74, 6) is 1.35.